The van der Waals surface area contributed by atoms with Crippen molar-refractivity contribution < 1.29 is 9.53 Å². The first-order valence-electron chi connectivity index (χ1n) is 5.66. The number of nitriles is 1. The van der Waals surface area contributed by atoms with Crippen molar-refractivity contribution in [3.05, 3.63) is 18.0 Å². The van der Waals surface area contributed by atoms with Gasteiger partial charge in [-0.05, 0) is 0 Å². The van der Waals surface area contributed by atoms with E-state index in [0.717, 1.165) is 0 Å². The Kier molecular flexibility index (Phi) is 3.60. The highest BCUT2D eigenvalue weighted by atomic mass is 16.5. The number of nitrogens with two attached hydrogens (primary N) is 1. The molecule has 1 aromatic rings. The number of aryl methyl sites for hydroxylation is 1. The van der Waals surface area contributed by atoms with E-state index in [0.29, 0.717) is 18.7 Å². The Bertz CT molecular complexity index is 478. The van der Waals surface area contributed by atoms with Gasteiger partial charge in [0.25, 0.3) is 0 Å². The molecule has 1 aliphatic heterocycles. The Balaban J connectivity index is 2.05. The van der Waals surface area contributed by atoms with E-state index in [9.17, 15) is 4.79 Å². The molecule has 7 nitrogen and oxygen atoms in total. The third kappa shape index (κ3) is 2.50. The maximum absolute atomic E-state index is 12.2. The summed E-state index contributed by atoms with van der Waals surface area (Å²) in [7, 11) is 1.77. The van der Waals surface area contributed by atoms with Crippen LogP contribution in [0.5, 0.6) is 0 Å². The number of carbonyl (C=O) groups is 1. The molecule has 2 heterocycles. The number of hydrogen-bond donors (Lipinski definition) is 1. The molecule has 1 saturated heterocycles. The summed E-state index contributed by atoms with van der Waals surface area (Å²) < 4.78 is 6.78. The molecule has 7 heteroatoms. The standard InChI is InChI=1S/C11H15N5O2/c1-15-6-8(5-14-15)10(13)11(17)16-2-3-18-9(4-12)7-16/h5-6,9-10H,2-3,7,13H2,1H3. The van der Waals surface area contributed by atoms with Crippen LogP contribution >= 0.6 is 0 Å². The van der Waals surface area contributed by atoms with Crippen molar-refractivity contribution in [3.63, 3.8) is 0 Å². The summed E-state index contributed by atoms with van der Waals surface area (Å²) in [5, 5.41) is 12.8. The highest BCUT2D eigenvalue weighted by molar-refractivity contribution is 5.83. The monoisotopic (exact) mass is 249 g/mol. The van der Waals surface area contributed by atoms with Crippen LogP contribution in [0.25, 0.3) is 0 Å². The van der Waals surface area contributed by atoms with Crippen LogP contribution in [0.15, 0.2) is 12.4 Å². The number of amides is 1. The molecule has 18 heavy (non-hydrogen) atoms. The van der Waals surface area contributed by atoms with E-state index in [1.165, 1.54) is 0 Å². The second kappa shape index (κ2) is 5.16. The SMILES string of the molecule is Cn1cc(C(N)C(=O)N2CCOC(C#N)C2)cn1. The molecule has 0 radical (unpaired) electrons. The lowest BCUT2D eigenvalue weighted by Crippen LogP contribution is -2.48. The minimum atomic E-state index is -0.740. The summed E-state index contributed by atoms with van der Waals surface area (Å²) in [6.45, 7) is 1.10. The van der Waals surface area contributed by atoms with Gasteiger partial charge in [-0.1, -0.05) is 0 Å². The Morgan fingerprint density at radius 2 is 2.56 bits per heavy atom. The van der Waals surface area contributed by atoms with E-state index < -0.39 is 12.1 Å². The fraction of sp³-hybridized carbons (Fsp3) is 0.545. The molecule has 0 bridgehead atoms. The average Bonchev–Trinajstić information content (AvgIpc) is 2.83. The Labute approximate surface area is 105 Å². The zero-order valence-corrected chi connectivity index (χ0v) is 10.1. The van der Waals surface area contributed by atoms with E-state index >= 15 is 0 Å². The molecule has 2 rings (SSSR count). The molecule has 96 valence electrons. The van der Waals surface area contributed by atoms with Crippen LogP contribution in [0.2, 0.25) is 0 Å². The molecular weight excluding hydrogens is 234 g/mol. The van der Waals surface area contributed by atoms with Crippen molar-refractivity contribution in [1.82, 2.24) is 14.7 Å². The fourth-order valence-electron chi connectivity index (χ4n) is 1.87. The van der Waals surface area contributed by atoms with Crippen LogP contribution in [0.3, 0.4) is 0 Å². The largest absolute Gasteiger partial charge is 0.360 e. The number of carbonyl (C=O) groups excluding carboxylic acids is 1. The summed E-state index contributed by atoms with van der Waals surface area (Å²) in [5.41, 5.74) is 6.57. The predicted molar refractivity (Wildman–Crippen MR) is 62.1 cm³/mol. The lowest BCUT2D eigenvalue weighted by atomic mass is 10.1. The van der Waals surface area contributed by atoms with Gasteiger partial charge in [0.15, 0.2) is 6.10 Å². The second-order valence-corrected chi connectivity index (χ2v) is 4.20. The first kappa shape index (κ1) is 12.5. The van der Waals surface area contributed by atoms with Crippen LogP contribution in [-0.2, 0) is 16.6 Å². The van der Waals surface area contributed by atoms with E-state index in [1.54, 1.807) is 29.0 Å². The topological polar surface area (TPSA) is 97.2 Å². The first-order chi connectivity index (χ1) is 8.61. The molecule has 0 aromatic carbocycles. The number of hydrogen-bond acceptors (Lipinski definition) is 5. The lowest BCUT2D eigenvalue weighted by Gasteiger charge is -2.31. The highest BCUT2D eigenvalue weighted by Gasteiger charge is 2.28. The second-order valence-electron chi connectivity index (χ2n) is 4.20. The van der Waals surface area contributed by atoms with Crippen molar-refractivity contribution in [2.24, 2.45) is 12.8 Å². The Morgan fingerprint density at radius 1 is 1.78 bits per heavy atom. The molecule has 1 aromatic heterocycles. The predicted octanol–water partition coefficient (Wildman–Crippen LogP) is -0.829. The van der Waals surface area contributed by atoms with Gasteiger partial charge < -0.3 is 15.4 Å². The van der Waals surface area contributed by atoms with Crippen molar-refractivity contribution >= 4 is 5.91 Å². The minimum absolute atomic E-state index is 0.202. The first-order valence-corrected chi connectivity index (χ1v) is 5.66. The molecule has 2 atom stereocenters. The van der Waals surface area contributed by atoms with Gasteiger partial charge in [-0.15, -0.1) is 0 Å². The fourth-order valence-corrected chi connectivity index (χ4v) is 1.87. The van der Waals surface area contributed by atoms with Crippen LogP contribution in [0.1, 0.15) is 11.6 Å². The zero-order valence-electron chi connectivity index (χ0n) is 10.1. The molecule has 2 unspecified atom stereocenters. The summed E-state index contributed by atoms with van der Waals surface area (Å²) in [4.78, 5) is 13.7. The molecule has 1 amide bonds. The minimum Gasteiger partial charge on any atom is -0.360 e. The number of aromatic nitrogens is 2. The van der Waals surface area contributed by atoms with Crippen LogP contribution in [-0.4, -0.2) is 46.4 Å². The molecule has 2 N–H and O–H groups in total. The van der Waals surface area contributed by atoms with Crippen molar-refractivity contribution in [3.8, 4) is 6.07 Å². The van der Waals surface area contributed by atoms with E-state index in [1.807, 2.05) is 6.07 Å². The Hall–Kier alpha value is -1.91. The van der Waals surface area contributed by atoms with Gasteiger partial charge in [0.05, 0.1) is 25.4 Å². The highest BCUT2D eigenvalue weighted by Crippen LogP contribution is 2.14. The summed E-state index contributed by atoms with van der Waals surface area (Å²) >= 11 is 0. The summed E-state index contributed by atoms with van der Waals surface area (Å²) in [5.74, 6) is -0.202. The third-order valence-electron chi connectivity index (χ3n) is 2.87. The van der Waals surface area contributed by atoms with Gasteiger partial charge in [-0.25, -0.2) is 0 Å². The summed E-state index contributed by atoms with van der Waals surface area (Å²) in [6, 6.07) is 1.26. The number of nitrogens with zero attached hydrogens (tertiary/aromatic N) is 4. The van der Waals surface area contributed by atoms with Crippen LogP contribution in [0, 0.1) is 11.3 Å². The number of ether oxygens (including phenoxy) is 1. The molecular formula is C11H15N5O2. The molecule has 1 aliphatic rings. The van der Waals surface area contributed by atoms with Gasteiger partial charge in [0.1, 0.15) is 6.04 Å². The zero-order chi connectivity index (χ0) is 13.1. The van der Waals surface area contributed by atoms with E-state index in [-0.39, 0.29) is 12.5 Å². The number of rotatable bonds is 2. The van der Waals surface area contributed by atoms with Crippen molar-refractivity contribution in [2.75, 3.05) is 19.7 Å². The molecule has 1 fully saturated rings. The van der Waals surface area contributed by atoms with E-state index in [4.69, 9.17) is 15.7 Å². The van der Waals surface area contributed by atoms with Crippen LogP contribution in [0.4, 0.5) is 0 Å². The van der Waals surface area contributed by atoms with Gasteiger partial charge in [-0.2, -0.15) is 10.4 Å². The van der Waals surface area contributed by atoms with Gasteiger partial charge >= 0.3 is 0 Å². The quantitative estimate of drug-likeness (QED) is 0.738. The molecule has 0 aliphatic carbocycles. The van der Waals surface area contributed by atoms with Crippen LogP contribution < -0.4 is 5.73 Å². The van der Waals surface area contributed by atoms with Crippen molar-refractivity contribution in [2.45, 2.75) is 12.1 Å². The molecule has 0 saturated carbocycles. The maximum Gasteiger partial charge on any atom is 0.244 e. The molecule has 0 spiro atoms. The third-order valence-corrected chi connectivity index (χ3v) is 2.87. The summed E-state index contributed by atoms with van der Waals surface area (Å²) in [6.07, 6.45) is 2.72. The smallest absolute Gasteiger partial charge is 0.244 e. The number of morpholine rings is 1. The lowest BCUT2D eigenvalue weighted by molar-refractivity contribution is -0.138. The van der Waals surface area contributed by atoms with E-state index in [2.05, 4.69) is 5.10 Å². The average molecular weight is 249 g/mol. The van der Waals surface area contributed by atoms with Gasteiger partial charge in [0.2, 0.25) is 5.91 Å². The normalized spacial score (nSPS) is 21.4. The Morgan fingerprint density at radius 3 is 3.17 bits per heavy atom. The van der Waals surface area contributed by atoms with Gasteiger partial charge in [0, 0.05) is 25.4 Å². The van der Waals surface area contributed by atoms with Crippen molar-refractivity contribution in [1.29, 1.82) is 5.26 Å². The maximum atomic E-state index is 12.2. The van der Waals surface area contributed by atoms with Gasteiger partial charge in [-0.3, -0.25) is 9.48 Å².